The highest BCUT2D eigenvalue weighted by Gasteiger charge is 2.20. The van der Waals surface area contributed by atoms with Crippen LogP contribution in [0.4, 0.5) is 4.79 Å². The molecule has 0 saturated heterocycles. The average molecular weight is 452 g/mol. The van der Waals surface area contributed by atoms with Crippen LogP contribution in [0, 0.1) is 0 Å². The molecule has 10 nitrogen and oxygen atoms in total. The second-order valence-corrected chi connectivity index (χ2v) is 8.34. The number of nitrogens with one attached hydrogen (secondary N) is 2. The molecule has 0 saturated carbocycles. The van der Waals surface area contributed by atoms with Crippen molar-refractivity contribution in [2.45, 2.75) is 30.1 Å². The molecule has 0 radical (unpaired) electrons. The monoisotopic (exact) mass is 452 g/mol. The predicted octanol–water partition coefficient (Wildman–Crippen LogP) is 0.760. The second kappa shape index (κ2) is 11.4. The molecule has 0 heterocycles. The fourth-order valence-corrected chi connectivity index (χ4v) is 3.54. The van der Waals surface area contributed by atoms with E-state index in [4.69, 9.17) is 9.84 Å². The lowest BCUT2D eigenvalue weighted by atomic mass is 10.0. The number of rotatable bonds is 11. The summed E-state index contributed by atoms with van der Waals surface area (Å²) in [7, 11) is -4.00. The van der Waals surface area contributed by atoms with Gasteiger partial charge >= 0.3 is 12.1 Å². The van der Waals surface area contributed by atoms with Crippen LogP contribution in [0.1, 0.15) is 23.7 Å². The summed E-state index contributed by atoms with van der Waals surface area (Å²) in [6, 6.07) is 14.1. The third-order valence-corrected chi connectivity index (χ3v) is 5.65. The number of carbonyl (C=O) groups is 2. The van der Waals surface area contributed by atoms with Gasteiger partial charge in [-0.15, -0.1) is 0 Å². The molecule has 2 rings (SSSR count). The van der Waals surface area contributed by atoms with E-state index in [9.17, 15) is 28.2 Å². The van der Waals surface area contributed by atoms with Crippen LogP contribution < -0.4 is 10.0 Å². The Morgan fingerprint density at radius 2 is 1.65 bits per heavy atom. The van der Waals surface area contributed by atoms with Gasteiger partial charge in [0.25, 0.3) is 0 Å². The van der Waals surface area contributed by atoms with Crippen LogP contribution >= 0.6 is 0 Å². The first-order valence-electron chi connectivity index (χ1n) is 9.31. The maximum Gasteiger partial charge on any atom is 0.407 e. The molecular weight excluding hydrogens is 428 g/mol. The minimum Gasteiger partial charge on any atom is -0.480 e. The standard InChI is InChI=1S/C20H24N2O8S/c23-17(10-11-21-20(27)30-13-14-4-2-1-3-5-14)19(26)15-6-8-16(9-7-15)31(28,29)22-12-18(24)25/h1-9,17,19,22-23,26H,10-13H2,(H,21,27)(H,24,25). The van der Waals surface area contributed by atoms with Crippen LogP contribution in [0.3, 0.4) is 0 Å². The average Bonchev–Trinajstić information content (AvgIpc) is 2.76. The number of ether oxygens (including phenoxy) is 1. The van der Waals surface area contributed by atoms with E-state index >= 15 is 0 Å². The van der Waals surface area contributed by atoms with Gasteiger partial charge in [0.15, 0.2) is 0 Å². The van der Waals surface area contributed by atoms with Gasteiger partial charge in [-0.3, -0.25) is 4.79 Å². The summed E-state index contributed by atoms with van der Waals surface area (Å²) in [6.45, 7) is -0.599. The number of alkyl carbamates (subject to hydrolysis) is 1. The summed E-state index contributed by atoms with van der Waals surface area (Å²) in [5, 5.41) is 31.4. The molecule has 0 aliphatic rings. The van der Waals surface area contributed by atoms with E-state index in [0.29, 0.717) is 0 Å². The molecule has 0 bridgehead atoms. The highest BCUT2D eigenvalue weighted by Crippen LogP contribution is 2.20. The molecule has 11 heteroatoms. The van der Waals surface area contributed by atoms with Crippen LogP contribution in [0.2, 0.25) is 0 Å². The van der Waals surface area contributed by atoms with Crippen molar-refractivity contribution < 1.29 is 38.1 Å². The molecule has 1 amide bonds. The number of benzene rings is 2. The van der Waals surface area contributed by atoms with Crippen molar-refractivity contribution in [3.63, 3.8) is 0 Å². The number of aliphatic hydroxyl groups is 2. The zero-order valence-electron chi connectivity index (χ0n) is 16.5. The van der Waals surface area contributed by atoms with Gasteiger partial charge < -0.3 is 25.4 Å². The van der Waals surface area contributed by atoms with Crippen molar-refractivity contribution in [1.29, 1.82) is 0 Å². The smallest absolute Gasteiger partial charge is 0.407 e. The first-order chi connectivity index (χ1) is 14.7. The van der Waals surface area contributed by atoms with Gasteiger partial charge in [-0.05, 0) is 29.7 Å². The summed E-state index contributed by atoms with van der Waals surface area (Å²) >= 11 is 0. The largest absolute Gasteiger partial charge is 0.480 e. The molecule has 31 heavy (non-hydrogen) atoms. The Balaban J connectivity index is 1.79. The fourth-order valence-electron chi connectivity index (χ4n) is 2.56. The van der Waals surface area contributed by atoms with E-state index in [-0.39, 0.29) is 30.0 Å². The van der Waals surface area contributed by atoms with E-state index in [1.807, 2.05) is 35.1 Å². The van der Waals surface area contributed by atoms with E-state index in [1.54, 1.807) is 0 Å². The zero-order chi connectivity index (χ0) is 22.9. The number of aliphatic hydroxyl groups excluding tert-OH is 2. The van der Waals surface area contributed by atoms with Gasteiger partial charge in [-0.25, -0.2) is 13.2 Å². The SMILES string of the molecule is O=C(O)CNS(=O)(=O)c1ccc(C(O)C(O)CCNC(=O)OCc2ccccc2)cc1. The summed E-state index contributed by atoms with van der Waals surface area (Å²) in [5.74, 6) is -1.32. The van der Waals surface area contributed by atoms with Crippen LogP contribution in [-0.4, -0.2) is 55.0 Å². The Morgan fingerprint density at radius 1 is 1.00 bits per heavy atom. The van der Waals surface area contributed by atoms with Crippen LogP contribution in [-0.2, 0) is 26.2 Å². The first kappa shape index (κ1) is 24.3. The molecule has 2 aromatic rings. The fraction of sp³-hybridized carbons (Fsp3) is 0.300. The van der Waals surface area contributed by atoms with Gasteiger partial charge in [0.2, 0.25) is 10.0 Å². The molecule has 0 aliphatic heterocycles. The summed E-state index contributed by atoms with van der Waals surface area (Å²) in [6.07, 6.45) is -3.16. The molecule has 0 fully saturated rings. The maximum absolute atomic E-state index is 12.0. The third-order valence-electron chi connectivity index (χ3n) is 4.23. The normalized spacial score (nSPS) is 13.2. The maximum atomic E-state index is 12.0. The summed E-state index contributed by atoms with van der Waals surface area (Å²) < 4.78 is 30.9. The lowest BCUT2D eigenvalue weighted by Crippen LogP contribution is -2.30. The summed E-state index contributed by atoms with van der Waals surface area (Å²) in [5.41, 5.74) is 1.09. The lowest BCUT2D eigenvalue weighted by Gasteiger charge is -2.18. The Labute approximate surface area is 179 Å². The van der Waals surface area contributed by atoms with E-state index in [0.717, 1.165) is 5.56 Å². The van der Waals surface area contributed by atoms with Crippen LogP contribution in [0.5, 0.6) is 0 Å². The molecule has 0 spiro atoms. The molecule has 0 aromatic heterocycles. The Kier molecular flexibility index (Phi) is 8.94. The number of sulfonamides is 1. The van der Waals surface area contributed by atoms with Crippen LogP contribution in [0.15, 0.2) is 59.5 Å². The van der Waals surface area contributed by atoms with E-state index in [1.165, 1.54) is 24.3 Å². The van der Waals surface area contributed by atoms with Gasteiger partial charge in [0.05, 0.1) is 11.0 Å². The van der Waals surface area contributed by atoms with Crippen molar-refractivity contribution in [2.75, 3.05) is 13.1 Å². The predicted molar refractivity (Wildman–Crippen MR) is 109 cm³/mol. The van der Waals surface area contributed by atoms with Crippen molar-refractivity contribution in [3.8, 4) is 0 Å². The number of aliphatic carboxylic acids is 1. The Hall–Kier alpha value is -2.99. The van der Waals surface area contributed by atoms with Crippen molar-refractivity contribution in [3.05, 3.63) is 65.7 Å². The summed E-state index contributed by atoms with van der Waals surface area (Å²) in [4.78, 5) is 22.0. The minimum atomic E-state index is -4.00. The molecule has 2 unspecified atom stereocenters. The lowest BCUT2D eigenvalue weighted by molar-refractivity contribution is -0.135. The van der Waals surface area contributed by atoms with Crippen molar-refractivity contribution in [2.24, 2.45) is 0 Å². The minimum absolute atomic E-state index is 0.0296. The van der Waals surface area contributed by atoms with Crippen LogP contribution in [0.25, 0.3) is 0 Å². The van der Waals surface area contributed by atoms with Crippen molar-refractivity contribution >= 4 is 22.1 Å². The van der Waals surface area contributed by atoms with Gasteiger partial charge in [0, 0.05) is 6.54 Å². The number of carbonyl (C=O) groups excluding carboxylic acids is 1. The quantitative estimate of drug-likeness (QED) is 0.334. The molecule has 168 valence electrons. The molecule has 2 atom stereocenters. The number of carboxylic acid groups (broad SMARTS) is 1. The molecule has 0 aliphatic carbocycles. The second-order valence-electron chi connectivity index (χ2n) is 6.58. The number of carboxylic acids is 1. The number of hydrogen-bond acceptors (Lipinski definition) is 7. The van der Waals surface area contributed by atoms with E-state index < -0.39 is 40.8 Å². The molecule has 5 N–H and O–H groups in total. The highest BCUT2D eigenvalue weighted by atomic mass is 32.2. The molecule has 2 aromatic carbocycles. The topological polar surface area (TPSA) is 162 Å². The Morgan fingerprint density at radius 3 is 2.26 bits per heavy atom. The van der Waals surface area contributed by atoms with Gasteiger partial charge in [0.1, 0.15) is 19.3 Å². The Bertz CT molecular complexity index is 964. The molecular formula is C20H24N2O8S. The van der Waals surface area contributed by atoms with Gasteiger partial charge in [-0.1, -0.05) is 42.5 Å². The van der Waals surface area contributed by atoms with E-state index in [2.05, 4.69) is 5.32 Å². The highest BCUT2D eigenvalue weighted by molar-refractivity contribution is 7.89. The van der Waals surface area contributed by atoms with Crippen molar-refractivity contribution in [1.82, 2.24) is 10.0 Å². The number of hydrogen-bond donors (Lipinski definition) is 5. The van der Waals surface area contributed by atoms with Gasteiger partial charge in [-0.2, -0.15) is 4.72 Å². The zero-order valence-corrected chi connectivity index (χ0v) is 17.3. The number of amides is 1. The first-order valence-corrected chi connectivity index (χ1v) is 10.8. The third kappa shape index (κ3) is 7.98.